The molecule has 0 spiro atoms. The van der Waals surface area contributed by atoms with Gasteiger partial charge in [0.1, 0.15) is 0 Å². The van der Waals surface area contributed by atoms with Crippen LogP contribution >= 0.6 is 0 Å². The molecule has 2 atom stereocenters. The van der Waals surface area contributed by atoms with Gasteiger partial charge >= 0.3 is 0 Å². The Labute approximate surface area is 92.9 Å². The maximum absolute atomic E-state index is 9.80. The normalized spacial score (nSPS) is 21.8. The first-order valence-corrected chi connectivity index (χ1v) is 6.24. The van der Waals surface area contributed by atoms with Crippen LogP contribution in [-0.4, -0.2) is 35.5 Å². The molecule has 3 heteroatoms. The van der Waals surface area contributed by atoms with Crippen LogP contribution < -0.4 is 5.32 Å². The van der Waals surface area contributed by atoms with E-state index in [1.54, 1.807) is 0 Å². The van der Waals surface area contributed by atoms with Crippen molar-refractivity contribution in [1.82, 2.24) is 5.32 Å². The van der Waals surface area contributed by atoms with Crippen LogP contribution in [0.5, 0.6) is 0 Å². The Kier molecular flexibility index (Phi) is 6.22. The molecule has 0 aromatic heterocycles. The van der Waals surface area contributed by atoms with E-state index < -0.39 is 0 Å². The SMILES string of the molecule is CC(CCO)NCC(O)CC1CCCC1. The maximum Gasteiger partial charge on any atom is 0.0667 e. The summed E-state index contributed by atoms with van der Waals surface area (Å²) in [6.45, 7) is 2.92. The minimum atomic E-state index is -0.214. The van der Waals surface area contributed by atoms with E-state index in [1.807, 2.05) is 6.92 Å². The highest BCUT2D eigenvalue weighted by molar-refractivity contribution is 4.73. The lowest BCUT2D eigenvalue weighted by Gasteiger charge is -2.18. The molecule has 0 saturated heterocycles. The van der Waals surface area contributed by atoms with Crippen LogP contribution in [0.2, 0.25) is 0 Å². The van der Waals surface area contributed by atoms with Gasteiger partial charge in [-0.25, -0.2) is 0 Å². The molecule has 90 valence electrons. The Morgan fingerprint density at radius 1 is 1.33 bits per heavy atom. The molecule has 0 radical (unpaired) electrons. The van der Waals surface area contributed by atoms with Gasteiger partial charge in [-0.2, -0.15) is 0 Å². The molecule has 2 unspecified atom stereocenters. The van der Waals surface area contributed by atoms with E-state index in [9.17, 15) is 5.11 Å². The average Bonchev–Trinajstić information content (AvgIpc) is 2.68. The van der Waals surface area contributed by atoms with E-state index in [0.29, 0.717) is 12.6 Å². The van der Waals surface area contributed by atoms with E-state index in [4.69, 9.17) is 5.11 Å². The molecule has 0 aliphatic heterocycles. The Bertz CT molecular complexity index is 158. The molecule has 0 bridgehead atoms. The molecule has 3 N–H and O–H groups in total. The Hall–Kier alpha value is -0.120. The van der Waals surface area contributed by atoms with Gasteiger partial charge in [0, 0.05) is 19.2 Å². The summed E-state index contributed by atoms with van der Waals surface area (Å²) >= 11 is 0. The molecule has 0 aromatic carbocycles. The predicted octanol–water partition coefficient (Wildman–Crippen LogP) is 1.29. The predicted molar refractivity (Wildman–Crippen MR) is 61.7 cm³/mol. The van der Waals surface area contributed by atoms with Crippen LogP contribution in [0.15, 0.2) is 0 Å². The van der Waals surface area contributed by atoms with Gasteiger partial charge in [0.2, 0.25) is 0 Å². The minimum absolute atomic E-state index is 0.214. The van der Waals surface area contributed by atoms with Crippen LogP contribution in [0, 0.1) is 5.92 Å². The van der Waals surface area contributed by atoms with Crippen LogP contribution in [0.1, 0.15) is 45.4 Å². The van der Waals surface area contributed by atoms with Crippen molar-refractivity contribution in [3.05, 3.63) is 0 Å². The highest BCUT2D eigenvalue weighted by atomic mass is 16.3. The van der Waals surface area contributed by atoms with Gasteiger partial charge in [0.15, 0.2) is 0 Å². The second-order valence-corrected chi connectivity index (χ2v) is 4.86. The van der Waals surface area contributed by atoms with Crippen LogP contribution in [-0.2, 0) is 0 Å². The monoisotopic (exact) mass is 215 g/mol. The van der Waals surface area contributed by atoms with Gasteiger partial charge in [-0.3, -0.25) is 0 Å². The quantitative estimate of drug-likeness (QED) is 0.600. The molecule has 3 nitrogen and oxygen atoms in total. The number of aliphatic hydroxyl groups excluding tert-OH is 2. The van der Waals surface area contributed by atoms with Gasteiger partial charge in [0.25, 0.3) is 0 Å². The van der Waals surface area contributed by atoms with E-state index >= 15 is 0 Å². The van der Waals surface area contributed by atoms with Gasteiger partial charge in [-0.1, -0.05) is 25.7 Å². The molecular weight excluding hydrogens is 190 g/mol. The summed E-state index contributed by atoms with van der Waals surface area (Å²) in [6.07, 6.45) is 6.76. The fourth-order valence-electron chi connectivity index (χ4n) is 2.35. The molecule has 0 aromatic rings. The largest absolute Gasteiger partial charge is 0.396 e. The molecule has 1 aliphatic carbocycles. The van der Waals surface area contributed by atoms with Crippen molar-refractivity contribution in [1.29, 1.82) is 0 Å². The molecule has 1 saturated carbocycles. The molecular formula is C12H25NO2. The third kappa shape index (κ3) is 5.50. The van der Waals surface area contributed by atoms with E-state index in [2.05, 4.69) is 5.32 Å². The zero-order chi connectivity index (χ0) is 11.1. The third-order valence-corrected chi connectivity index (χ3v) is 3.34. The standard InChI is InChI=1S/C12H25NO2/c1-10(6-7-14)13-9-12(15)8-11-4-2-3-5-11/h10-15H,2-9H2,1H3. The lowest BCUT2D eigenvalue weighted by molar-refractivity contribution is 0.135. The van der Waals surface area contributed by atoms with Gasteiger partial charge in [-0.05, 0) is 25.7 Å². The van der Waals surface area contributed by atoms with Crippen molar-refractivity contribution in [3.63, 3.8) is 0 Å². The summed E-state index contributed by atoms with van der Waals surface area (Å²) in [5.74, 6) is 0.745. The van der Waals surface area contributed by atoms with Crippen LogP contribution in [0.25, 0.3) is 0 Å². The first kappa shape index (κ1) is 12.9. The van der Waals surface area contributed by atoms with Gasteiger partial charge in [0.05, 0.1) is 6.10 Å². The topological polar surface area (TPSA) is 52.5 Å². The van der Waals surface area contributed by atoms with E-state index in [0.717, 1.165) is 18.8 Å². The highest BCUT2D eigenvalue weighted by Gasteiger charge is 2.18. The van der Waals surface area contributed by atoms with Crippen molar-refractivity contribution in [2.45, 2.75) is 57.6 Å². The minimum Gasteiger partial charge on any atom is -0.396 e. The van der Waals surface area contributed by atoms with E-state index in [-0.39, 0.29) is 12.7 Å². The van der Waals surface area contributed by atoms with Gasteiger partial charge in [-0.15, -0.1) is 0 Å². The summed E-state index contributed by atoms with van der Waals surface area (Å²) in [6, 6.07) is 0.299. The Morgan fingerprint density at radius 2 is 2.00 bits per heavy atom. The third-order valence-electron chi connectivity index (χ3n) is 3.34. The van der Waals surface area contributed by atoms with Crippen molar-refractivity contribution in [2.24, 2.45) is 5.92 Å². The van der Waals surface area contributed by atoms with Crippen LogP contribution in [0.4, 0.5) is 0 Å². The fourth-order valence-corrected chi connectivity index (χ4v) is 2.35. The lowest BCUT2D eigenvalue weighted by atomic mass is 10.00. The Morgan fingerprint density at radius 3 is 2.60 bits per heavy atom. The van der Waals surface area contributed by atoms with Crippen molar-refractivity contribution in [3.8, 4) is 0 Å². The number of hydrogen-bond acceptors (Lipinski definition) is 3. The number of hydrogen-bond donors (Lipinski definition) is 3. The fraction of sp³-hybridized carbons (Fsp3) is 1.00. The second kappa shape index (κ2) is 7.20. The molecule has 1 rings (SSSR count). The highest BCUT2D eigenvalue weighted by Crippen LogP contribution is 2.28. The van der Waals surface area contributed by atoms with Crippen molar-refractivity contribution in [2.75, 3.05) is 13.2 Å². The molecule has 1 fully saturated rings. The first-order chi connectivity index (χ1) is 7.22. The molecule has 15 heavy (non-hydrogen) atoms. The molecule has 1 aliphatic rings. The zero-order valence-electron chi connectivity index (χ0n) is 9.78. The first-order valence-electron chi connectivity index (χ1n) is 6.24. The van der Waals surface area contributed by atoms with Crippen molar-refractivity contribution < 1.29 is 10.2 Å². The average molecular weight is 215 g/mol. The van der Waals surface area contributed by atoms with Crippen molar-refractivity contribution >= 4 is 0 Å². The summed E-state index contributed by atoms with van der Waals surface area (Å²) in [5, 5.41) is 21.8. The molecule has 0 heterocycles. The maximum atomic E-state index is 9.80. The lowest BCUT2D eigenvalue weighted by Crippen LogP contribution is -2.35. The van der Waals surface area contributed by atoms with Crippen LogP contribution in [0.3, 0.4) is 0 Å². The Balaban J connectivity index is 2.04. The van der Waals surface area contributed by atoms with E-state index in [1.165, 1.54) is 25.7 Å². The van der Waals surface area contributed by atoms with Gasteiger partial charge < -0.3 is 15.5 Å². The smallest absolute Gasteiger partial charge is 0.0667 e. The second-order valence-electron chi connectivity index (χ2n) is 4.86. The summed E-state index contributed by atoms with van der Waals surface area (Å²) in [5.41, 5.74) is 0. The summed E-state index contributed by atoms with van der Waals surface area (Å²) < 4.78 is 0. The molecule has 0 amide bonds. The number of nitrogens with one attached hydrogen (secondary N) is 1. The zero-order valence-corrected chi connectivity index (χ0v) is 9.78. The summed E-state index contributed by atoms with van der Waals surface area (Å²) in [7, 11) is 0. The number of rotatable bonds is 7. The summed E-state index contributed by atoms with van der Waals surface area (Å²) in [4.78, 5) is 0. The number of aliphatic hydroxyl groups is 2.